The first-order valence-corrected chi connectivity index (χ1v) is 15.1. The van der Waals surface area contributed by atoms with Gasteiger partial charge in [0.1, 0.15) is 0 Å². The Morgan fingerprint density at radius 3 is 1.32 bits per heavy atom. The van der Waals surface area contributed by atoms with E-state index in [1.54, 1.807) is 0 Å². The molecule has 0 aliphatic carbocycles. The van der Waals surface area contributed by atoms with Gasteiger partial charge in [-0.3, -0.25) is 9.59 Å². The van der Waals surface area contributed by atoms with Crippen LogP contribution in [0.15, 0.2) is 0 Å². The van der Waals surface area contributed by atoms with Gasteiger partial charge in [-0.15, -0.1) is 0 Å². The number of hydrogen-bond acceptors (Lipinski definition) is 3. The summed E-state index contributed by atoms with van der Waals surface area (Å²) < 4.78 is 5.38. The second-order valence-corrected chi connectivity index (χ2v) is 10.1. The normalized spacial score (nSPS) is 11.0. The zero-order valence-corrected chi connectivity index (χ0v) is 23.3. The van der Waals surface area contributed by atoms with E-state index in [1.165, 1.54) is 103 Å². The van der Waals surface area contributed by atoms with Gasteiger partial charge in [0.15, 0.2) is 0 Å². The van der Waals surface area contributed by atoms with E-state index in [2.05, 4.69) is 20.8 Å². The van der Waals surface area contributed by atoms with Gasteiger partial charge >= 0.3 is 5.97 Å². The highest BCUT2D eigenvalue weighted by Gasteiger charge is 2.15. The minimum atomic E-state index is -0.213. The molecule has 1 amide bonds. The summed E-state index contributed by atoms with van der Waals surface area (Å²) in [6, 6.07) is 0. The van der Waals surface area contributed by atoms with E-state index in [1.807, 2.05) is 4.90 Å². The fourth-order valence-corrected chi connectivity index (χ4v) is 4.39. The molecule has 0 aliphatic rings. The molecular weight excluding hydrogens is 422 g/mol. The third-order valence-corrected chi connectivity index (χ3v) is 6.72. The molecule has 0 heterocycles. The van der Waals surface area contributed by atoms with Crippen LogP contribution in [-0.2, 0) is 14.3 Å². The summed E-state index contributed by atoms with van der Waals surface area (Å²) >= 11 is 0. The summed E-state index contributed by atoms with van der Waals surface area (Å²) in [5, 5.41) is 0. The Morgan fingerprint density at radius 2 is 0.882 bits per heavy atom. The summed E-state index contributed by atoms with van der Waals surface area (Å²) in [6.45, 7) is 8.90. The van der Waals surface area contributed by atoms with Crippen LogP contribution in [0.4, 0.5) is 0 Å². The standard InChI is InChI=1S/C30H59NO3/c1-4-7-10-13-16-17-20-23-28-34-30(33)25-24-29(32)31(26-21-18-14-11-8-5-2)27-22-19-15-12-9-6-3/h4-28H2,1-3H3. The van der Waals surface area contributed by atoms with Crippen molar-refractivity contribution in [2.75, 3.05) is 19.7 Å². The molecule has 0 aromatic heterocycles. The van der Waals surface area contributed by atoms with Crippen LogP contribution in [0.1, 0.15) is 162 Å². The van der Waals surface area contributed by atoms with Gasteiger partial charge in [0.25, 0.3) is 0 Å². The summed E-state index contributed by atoms with van der Waals surface area (Å²) in [7, 11) is 0. The van der Waals surface area contributed by atoms with E-state index >= 15 is 0 Å². The van der Waals surface area contributed by atoms with E-state index < -0.39 is 0 Å². The number of nitrogens with zero attached hydrogens (tertiary/aromatic N) is 1. The van der Waals surface area contributed by atoms with Crippen molar-refractivity contribution < 1.29 is 14.3 Å². The lowest BCUT2D eigenvalue weighted by Gasteiger charge is -2.23. The lowest BCUT2D eigenvalue weighted by molar-refractivity contribution is -0.146. The molecule has 34 heavy (non-hydrogen) atoms. The fraction of sp³-hybridized carbons (Fsp3) is 0.933. The third kappa shape index (κ3) is 22.7. The first-order chi connectivity index (χ1) is 16.7. The molecule has 0 aromatic carbocycles. The predicted molar refractivity (Wildman–Crippen MR) is 146 cm³/mol. The minimum Gasteiger partial charge on any atom is -0.466 e. The monoisotopic (exact) mass is 481 g/mol. The average molecular weight is 482 g/mol. The number of carbonyl (C=O) groups is 2. The van der Waals surface area contributed by atoms with E-state index in [0.717, 1.165) is 38.8 Å². The Hall–Kier alpha value is -1.06. The van der Waals surface area contributed by atoms with E-state index in [9.17, 15) is 9.59 Å². The average Bonchev–Trinajstić information content (AvgIpc) is 2.84. The summed E-state index contributed by atoms with van der Waals surface area (Å²) in [4.78, 5) is 26.9. The zero-order valence-electron chi connectivity index (χ0n) is 23.3. The number of carbonyl (C=O) groups excluding carboxylic acids is 2. The van der Waals surface area contributed by atoms with Crippen molar-refractivity contribution in [1.29, 1.82) is 0 Å². The van der Waals surface area contributed by atoms with Gasteiger partial charge in [0.05, 0.1) is 13.0 Å². The maximum absolute atomic E-state index is 12.8. The molecule has 202 valence electrons. The molecule has 4 nitrogen and oxygen atoms in total. The van der Waals surface area contributed by atoms with Crippen LogP contribution in [-0.4, -0.2) is 36.5 Å². The molecule has 0 radical (unpaired) electrons. The van der Waals surface area contributed by atoms with Crippen molar-refractivity contribution in [3.63, 3.8) is 0 Å². The van der Waals surface area contributed by atoms with Crippen molar-refractivity contribution >= 4 is 11.9 Å². The Bertz CT molecular complexity index is 436. The largest absolute Gasteiger partial charge is 0.466 e. The molecule has 0 aliphatic heterocycles. The number of rotatable bonds is 26. The number of unbranched alkanes of at least 4 members (excludes halogenated alkanes) is 17. The van der Waals surface area contributed by atoms with Crippen LogP contribution in [0, 0.1) is 0 Å². The Morgan fingerprint density at radius 1 is 0.500 bits per heavy atom. The highest BCUT2D eigenvalue weighted by atomic mass is 16.5. The second kappa shape index (κ2) is 26.5. The highest BCUT2D eigenvalue weighted by molar-refractivity contribution is 5.81. The maximum Gasteiger partial charge on any atom is 0.306 e. The summed E-state index contributed by atoms with van der Waals surface area (Å²) in [5.41, 5.74) is 0. The Labute approximate surface area is 213 Å². The van der Waals surface area contributed by atoms with Crippen molar-refractivity contribution in [3.05, 3.63) is 0 Å². The molecule has 0 saturated carbocycles. The minimum absolute atomic E-state index is 0.131. The van der Waals surface area contributed by atoms with Gasteiger partial charge in [-0.2, -0.15) is 0 Å². The van der Waals surface area contributed by atoms with Gasteiger partial charge in [-0.05, 0) is 19.3 Å². The maximum atomic E-state index is 12.8. The van der Waals surface area contributed by atoms with Crippen molar-refractivity contribution in [3.8, 4) is 0 Å². The summed E-state index contributed by atoms with van der Waals surface area (Å²) in [5.74, 6) is -0.0819. The third-order valence-electron chi connectivity index (χ3n) is 6.72. The highest BCUT2D eigenvalue weighted by Crippen LogP contribution is 2.12. The van der Waals surface area contributed by atoms with Gasteiger partial charge in [0.2, 0.25) is 5.91 Å². The Kier molecular flexibility index (Phi) is 25.7. The molecule has 0 unspecified atom stereocenters. The molecule has 0 N–H and O–H groups in total. The first-order valence-electron chi connectivity index (χ1n) is 15.1. The molecule has 0 saturated heterocycles. The number of hydrogen-bond donors (Lipinski definition) is 0. The lowest BCUT2D eigenvalue weighted by atomic mass is 10.1. The fourth-order valence-electron chi connectivity index (χ4n) is 4.39. The van der Waals surface area contributed by atoms with Crippen LogP contribution in [0.3, 0.4) is 0 Å². The number of amides is 1. The van der Waals surface area contributed by atoms with Crippen LogP contribution in [0.25, 0.3) is 0 Å². The van der Waals surface area contributed by atoms with Crippen molar-refractivity contribution in [1.82, 2.24) is 4.90 Å². The molecule has 0 rings (SSSR count). The van der Waals surface area contributed by atoms with Crippen LogP contribution in [0.5, 0.6) is 0 Å². The van der Waals surface area contributed by atoms with E-state index in [4.69, 9.17) is 4.74 Å². The molecule has 0 fully saturated rings. The molecule has 0 aromatic rings. The van der Waals surface area contributed by atoms with Crippen molar-refractivity contribution in [2.24, 2.45) is 0 Å². The van der Waals surface area contributed by atoms with Crippen molar-refractivity contribution in [2.45, 2.75) is 162 Å². The van der Waals surface area contributed by atoms with Crippen LogP contribution >= 0.6 is 0 Å². The molecule has 0 spiro atoms. The zero-order chi connectivity index (χ0) is 25.1. The SMILES string of the molecule is CCCCCCCCCCOC(=O)CCC(=O)N(CCCCCCCC)CCCCCCCC. The van der Waals surface area contributed by atoms with Gasteiger partial charge < -0.3 is 9.64 Å². The van der Waals surface area contributed by atoms with Gasteiger partial charge in [0, 0.05) is 19.5 Å². The van der Waals surface area contributed by atoms with E-state index in [0.29, 0.717) is 13.0 Å². The predicted octanol–water partition coefficient (Wildman–Crippen LogP) is 9.00. The molecule has 4 heteroatoms. The quantitative estimate of drug-likeness (QED) is 0.0914. The second-order valence-electron chi connectivity index (χ2n) is 10.1. The van der Waals surface area contributed by atoms with Gasteiger partial charge in [-0.25, -0.2) is 0 Å². The van der Waals surface area contributed by atoms with Crippen LogP contribution < -0.4 is 0 Å². The molecule has 0 bridgehead atoms. The molecular formula is C30H59NO3. The molecule has 0 atom stereocenters. The summed E-state index contributed by atoms with van der Waals surface area (Å²) in [6.07, 6.45) is 25.2. The lowest BCUT2D eigenvalue weighted by Crippen LogP contribution is -2.33. The number of esters is 1. The first kappa shape index (κ1) is 32.9. The van der Waals surface area contributed by atoms with Crippen LogP contribution in [0.2, 0.25) is 0 Å². The van der Waals surface area contributed by atoms with Gasteiger partial charge in [-0.1, -0.05) is 130 Å². The van der Waals surface area contributed by atoms with E-state index in [-0.39, 0.29) is 18.3 Å². The Balaban J connectivity index is 4.07. The number of ether oxygens (including phenoxy) is 1. The smallest absolute Gasteiger partial charge is 0.306 e. The topological polar surface area (TPSA) is 46.6 Å².